The highest BCUT2D eigenvalue weighted by Crippen LogP contribution is 2.20. The van der Waals surface area contributed by atoms with Gasteiger partial charge in [0.1, 0.15) is 5.75 Å². The van der Waals surface area contributed by atoms with Gasteiger partial charge < -0.3 is 4.74 Å². The van der Waals surface area contributed by atoms with Gasteiger partial charge in [-0.15, -0.1) is 0 Å². The Morgan fingerprint density at radius 3 is 2.08 bits per heavy atom. The van der Waals surface area contributed by atoms with Crippen molar-refractivity contribution in [1.29, 1.82) is 0 Å². The minimum Gasteiger partial charge on any atom is -0.463 e. The van der Waals surface area contributed by atoms with Crippen LogP contribution in [-0.2, 0) is 0 Å². The van der Waals surface area contributed by atoms with Crippen LogP contribution in [0, 0.1) is 20.8 Å². The van der Waals surface area contributed by atoms with Crippen molar-refractivity contribution in [1.82, 2.24) is 0 Å². The van der Waals surface area contributed by atoms with Gasteiger partial charge >= 0.3 is 0 Å². The van der Waals surface area contributed by atoms with Gasteiger partial charge in [-0.3, -0.25) is 0 Å². The molecule has 0 fully saturated rings. The van der Waals surface area contributed by atoms with Crippen LogP contribution >= 0.6 is 0 Å². The second kappa shape index (κ2) is 3.57. The van der Waals surface area contributed by atoms with Crippen LogP contribution in [0.2, 0.25) is 0 Å². The maximum absolute atomic E-state index is 11.8. The third-order valence-corrected chi connectivity index (χ3v) is 2.12. The minimum atomic E-state index is -0.762. The van der Waals surface area contributed by atoms with Crippen LogP contribution in [-0.4, -0.2) is 6.86 Å². The lowest BCUT2D eigenvalue weighted by atomic mass is 10.0. The van der Waals surface area contributed by atoms with Crippen LogP contribution in [0.25, 0.3) is 0 Å². The minimum absolute atomic E-state index is 0.609. The zero-order chi connectivity index (χ0) is 9.14. The normalized spacial score (nSPS) is 10.0. The molecule has 0 aliphatic carbocycles. The number of halogens is 1. The molecule has 0 atom stereocenters. The number of hydrogen-bond acceptors (Lipinski definition) is 1. The van der Waals surface area contributed by atoms with Crippen molar-refractivity contribution in [2.75, 3.05) is 6.86 Å². The van der Waals surface area contributed by atoms with Gasteiger partial charge in [-0.25, -0.2) is 4.39 Å². The van der Waals surface area contributed by atoms with Gasteiger partial charge in [0.05, 0.1) is 0 Å². The van der Waals surface area contributed by atoms with E-state index in [0.29, 0.717) is 5.75 Å². The number of hydrogen-bond donors (Lipinski definition) is 0. The van der Waals surface area contributed by atoms with Crippen molar-refractivity contribution < 1.29 is 9.13 Å². The Morgan fingerprint density at radius 1 is 1.17 bits per heavy atom. The van der Waals surface area contributed by atoms with Gasteiger partial charge in [0.2, 0.25) is 6.86 Å². The molecule has 12 heavy (non-hydrogen) atoms. The van der Waals surface area contributed by atoms with E-state index in [2.05, 4.69) is 0 Å². The van der Waals surface area contributed by atoms with Gasteiger partial charge in [-0.1, -0.05) is 0 Å². The van der Waals surface area contributed by atoms with E-state index in [1.807, 2.05) is 32.9 Å². The van der Waals surface area contributed by atoms with Gasteiger partial charge in [-0.2, -0.15) is 0 Å². The first-order valence-electron chi connectivity index (χ1n) is 3.91. The summed E-state index contributed by atoms with van der Waals surface area (Å²) in [5, 5.41) is 0. The van der Waals surface area contributed by atoms with E-state index in [1.165, 1.54) is 5.56 Å². The molecule has 0 radical (unpaired) electrons. The second-order valence-corrected chi connectivity index (χ2v) is 2.94. The van der Waals surface area contributed by atoms with Crippen LogP contribution in [0.4, 0.5) is 4.39 Å². The molecule has 1 aromatic carbocycles. The molecule has 0 saturated carbocycles. The Labute approximate surface area is 72.2 Å². The highest BCUT2D eigenvalue weighted by Gasteiger charge is 2.00. The van der Waals surface area contributed by atoms with Crippen LogP contribution in [0.15, 0.2) is 12.1 Å². The SMILES string of the molecule is Cc1cc(OCF)cc(C)c1C. The zero-order valence-corrected chi connectivity index (χ0v) is 7.65. The quantitative estimate of drug-likeness (QED) is 0.659. The molecular formula is C10H13FO. The fourth-order valence-corrected chi connectivity index (χ4v) is 1.14. The Balaban J connectivity index is 3.04. The first-order chi connectivity index (χ1) is 5.65. The fraction of sp³-hybridized carbons (Fsp3) is 0.400. The van der Waals surface area contributed by atoms with Gasteiger partial charge in [0, 0.05) is 0 Å². The average Bonchev–Trinajstić information content (AvgIpc) is 2.01. The summed E-state index contributed by atoms with van der Waals surface area (Å²) >= 11 is 0. The second-order valence-electron chi connectivity index (χ2n) is 2.94. The smallest absolute Gasteiger partial charge is 0.228 e. The van der Waals surface area contributed by atoms with E-state index in [-0.39, 0.29) is 0 Å². The number of aryl methyl sites for hydroxylation is 2. The summed E-state index contributed by atoms with van der Waals surface area (Å²) in [6.07, 6.45) is 0. The lowest BCUT2D eigenvalue weighted by molar-refractivity contribution is 0.191. The molecule has 0 heterocycles. The topological polar surface area (TPSA) is 9.23 Å². The zero-order valence-electron chi connectivity index (χ0n) is 7.65. The Morgan fingerprint density at radius 2 is 1.67 bits per heavy atom. The number of rotatable bonds is 2. The summed E-state index contributed by atoms with van der Waals surface area (Å²) < 4.78 is 16.6. The first kappa shape index (κ1) is 9.04. The van der Waals surface area contributed by atoms with Crippen LogP contribution in [0.5, 0.6) is 5.75 Å². The molecule has 66 valence electrons. The molecule has 1 rings (SSSR count). The predicted octanol–water partition coefficient (Wildman–Crippen LogP) is 2.92. The van der Waals surface area contributed by atoms with E-state index in [1.54, 1.807) is 0 Å². The summed E-state index contributed by atoms with van der Waals surface area (Å²) in [7, 11) is 0. The Bertz CT molecular complexity index is 258. The molecule has 0 aliphatic heterocycles. The summed E-state index contributed by atoms with van der Waals surface area (Å²) in [6, 6.07) is 3.70. The lowest BCUT2D eigenvalue weighted by Crippen LogP contribution is -1.93. The number of ether oxygens (including phenoxy) is 1. The van der Waals surface area contributed by atoms with Crippen molar-refractivity contribution in [3.8, 4) is 5.75 Å². The Kier molecular flexibility index (Phi) is 2.69. The number of alkyl halides is 1. The molecule has 0 unspecified atom stereocenters. The predicted molar refractivity (Wildman–Crippen MR) is 47.3 cm³/mol. The largest absolute Gasteiger partial charge is 0.463 e. The molecule has 0 aliphatic rings. The van der Waals surface area contributed by atoms with Crippen molar-refractivity contribution in [3.63, 3.8) is 0 Å². The van der Waals surface area contributed by atoms with E-state index >= 15 is 0 Å². The standard InChI is InChI=1S/C10H13FO/c1-7-4-10(12-6-11)5-8(2)9(7)3/h4-5H,6H2,1-3H3. The highest BCUT2D eigenvalue weighted by atomic mass is 19.1. The molecule has 0 spiro atoms. The summed E-state index contributed by atoms with van der Waals surface area (Å²) in [5.74, 6) is 0.609. The molecule has 1 nitrogen and oxygen atoms in total. The van der Waals surface area contributed by atoms with Crippen LogP contribution in [0.3, 0.4) is 0 Å². The maximum atomic E-state index is 11.8. The third-order valence-electron chi connectivity index (χ3n) is 2.12. The van der Waals surface area contributed by atoms with E-state index in [9.17, 15) is 4.39 Å². The monoisotopic (exact) mass is 168 g/mol. The fourth-order valence-electron chi connectivity index (χ4n) is 1.14. The van der Waals surface area contributed by atoms with Crippen LogP contribution in [0.1, 0.15) is 16.7 Å². The number of benzene rings is 1. The van der Waals surface area contributed by atoms with E-state index in [0.717, 1.165) is 11.1 Å². The van der Waals surface area contributed by atoms with E-state index < -0.39 is 6.86 Å². The molecule has 0 N–H and O–H groups in total. The molecule has 0 amide bonds. The molecule has 0 bridgehead atoms. The summed E-state index contributed by atoms with van der Waals surface area (Å²) in [4.78, 5) is 0. The van der Waals surface area contributed by atoms with Gasteiger partial charge in [0.25, 0.3) is 0 Å². The third kappa shape index (κ3) is 1.76. The molecule has 0 saturated heterocycles. The lowest BCUT2D eigenvalue weighted by Gasteiger charge is -2.07. The van der Waals surface area contributed by atoms with Gasteiger partial charge in [0.15, 0.2) is 0 Å². The highest BCUT2D eigenvalue weighted by molar-refractivity contribution is 5.39. The van der Waals surface area contributed by atoms with Crippen molar-refractivity contribution in [2.24, 2.45) is 0 Å². The molecule has 2 heteroatoms. The van der Waals surface area contributed by atoms with E-state index in [4.69, 9.17) is 4.74 Å². The molecule has 1 aromatic rings. The van der Waals surface area contributed by atoms with Crippen molar-refractivity contribution in [3.05, 3.63) is 28.8 Å². The van der Waals surface area contributed by atoms with Crippen molar-refractivity contribution >= 4 is 0 Å². The Hall–Kier alpha value is -1.05. The first-order valence-corrected chi connectivity index (χ1v) is 3.91. The van der Waals surface area contributed by atoms with Gasteiger partial charge in [-0.05, 0) is 49.6 Å². The average molecular weight is 168 g/mol. The maximum Gasteiger partial charge on any atom is 0.228 e. The molecule has 0 aromatic heterocycles. The van der Waals surface area contributed by atoms with Crippen molar-refractivity contribution in [2.45, 2.75) is 20.8 Å². The summed E-state index contributed by atoms with van der Waals surface area (Å²) in [6.45, 7) is 5.27. The molecular weight excluding hydrogens is 155 g/mol. The summed E-state index contributed by atoms with van der Waals surface area (Å²) in [5.41, 5.74) is 3.51. The van der Waals surface area contributed by atoms with Crippen LogP contribution < -0.4 is 4.74 Å².